The van der Waals surface area contributed by atoms with Crippen molar-refractivity contribution in [2.75, 3.05) is 0 Å². The number of aryl methyl sites for hydroxylation is 1. The van der Waals surface area contributed by atoms with E-state index in [1.807, 2.05) is 13.0 Å². The van der Waals surface area contributed by atoms with Crippen molar-refractivity contribution < 1.29 is 0 Å². The summed E-state index contributed by atoms with van der Waals surface area (Å²) in [4.78, 5) is 13.9. The fourth-order valence-corrected chi connectivity index (χ4v) is 0.973. The van der Waals surface area contributed by atoms with Gasteiger partial charge in [0, 0.05) is 11.3 Å². The van der Waals surface area contributed by atoms with Crippen LogP contribution in [0.1, 0.15) is 17.3 Å². The van der Waals surface area contributed by atoms with Crippen LogP contribution in [0.15, 0.2) is 29.6 Å². The lowest BCUT2D eigenvalue weighted by atomic mass is 10.1. The third-order valence-electron chi connectivity index (χ3n) is 1.70. The molecule has 1 heterocycles. The number of aromatic nitrogens is 1. The van der Waals surface area contributed by atoms with Crippen molar-refractivity contribution in [3.05, 3.63) is 46.4 Å². The van der Waals surface area contributed by atoms with Gasteiger partial charge in [0.2, 0.25) is 0 Å². The second-order valence-electron chi connectivity index (χ2n) is 2.69. The molecular formula is C9H12N2O. The highest BCUT2D eigenvalue weighted by Gasteiger charge is 2.04. The highest BCUT2D eigenvalue weighted by atomic mass is 16.1. The molecule has 1 atom stereocenters. The molecule has 3 nitrogen and oxygen atoms in total. The topological polar surface area (TPSA) is 58.9 Å². The predicted octanol–water partition coefficient (Wildman–Crippen LogP) is 0.869. The molecule has 0 bridgehead atoms. The predicted molar refractivity (Wildman–Crippen MR) is 48.9 cm³/mol. The molecule has 12 heavy (non-hydrogen) atoms. The summed E-state index contributed by atoms with van der Waals surface area (Å²) < 4.78 is 0. The van der Waals surface area contributed by atoms with E-state index in [2.05, 4.69) is 11.6 Å². The van der Waals surface area contributed by atoms with Gasteiger partial charge in [-0.3, -0.25) is 4.79 Å². The first-order valence-electron chi connectivity index (χ1n) is 3.73. The molecule has 0 aliphatic carbocycles. The van der Waals surface area contributed by atoms with Gasteiger partial charge in [-0.1, -0.05) is 6.08 Å². The number of rotatable bonds is 2. The summed E-state index contributed by atoms with van der Waals surface area (Å²) in [6.45, 7) is 5.35. The molecule has 0 saturated carbocycles. The molecule has 0 fully saturated rings. The summed E-state index contributed by atoms with van der Waals surface area (Å²) in [5, 5.41) is 0. The zero-order valence-corrected chi connectivity index (χ0v) is 7.00. The molecule has 0 amide bonds. The summed E-state index contributed by atoms with van der Waals surface area (Å²) in [5.41, 5.74) is 6.86. The highest BCUT2D eigenvalue weighted by Crippen LogP contribution is 2.04. The second-order valence-corrected chi connectivity index (χ2v) is 2.69. The number of aromatic amines is 1. The first-order chi connectivity index (χ1) is 5.65. The maximum absolute atomic E-state index is 11.3. The first kappa shape index (κ1) is 8.74. The Morgan fingerprint density at radius 1 is 1.67 bits per heavy atom. The van der Waals surface area contributed by atoms with Crippen LogP contribution >= 0.6 is 0 Å². The van der Waals surface area contributed by atoms with E-state index < -0.39 is 0 Å². The van der Waals surface area contributed by atoms with Crippen LogP contribution in [0.3, 0.4) is 0 Å². The van der Waals surface area contributed by atoms with Crippen LogP contribution in [0.2, 0.25) is 0 Å². The molecule has 1 aromatic heterocycles. The zero-order valence-electron chi connectivity index (χ0n) is 7.00. The van der Waals surface area contributed by atoms with E-state index >= 15 is 0 Å². The number of pyridine rings is 1. The van der Waals surface area contributed by atoms with E-state index in [4.69, 9.17) is 5.73 Å². The first-order valence-corrected chi connectivity index (χ1v) is 3.73. The van der Waals surface area contributed by atoms with E-state index in [9.17, 15) is 4.79 Å². The molecule has 0 spiro atoms. The average Bonchev–Trinajstić information content (AvgIpc) is 2.03. The van der Waals surface area contributed by atoms with Crippen molar-refractivity contribution in [2.45, 2.75) is 13.0 Å². The normalized spacial score (nSPS) is 12.5. The lowest BCUT2D eigenvalue weighted by Gasteiger charge is -2.04. The molecule has 0 aromatic carbocycles. The van der Waals surface area contributed by atoms with E-state index in [-0.39, 0.29) is 11.6 Å². The molecule has 3 heteroatoms. The van der Waals surface area contributed by atoms with Crippen LogP contribution in [0.5, 0.6) is 0 Å². The van der Waals surface area contributed by atoms with Crippen LogP contribution in [-0.4, -0.2) is 4.98 Å². The minimum atomic E-state index is -0.380. The zero-order chi connectivity index (χ0) is 9.14. The van der Waals surface area contributed by atoms with Crippen LogP contribution in [0, 0.1) is 6.92 Å². The Labute approximate surface area is 70.9 Å². The van der Waals surface area contributed by atoms with Crippen molar-refractivity contribution in [1.82, 2.24) is 4.98 Å². The number of H-pyrrole nitrogens is 1. The lowest BCUT2D eigenvalue weighted by molar-refractivity contribution is 0.881. The molecule has 1 rings (SSSR count). The van der Waals surface area contributed by atoms with Crippen molar-refractivity contribution in [1.29, 1.82) is 0 Å². The summed E-state index contributed by atoms with van der Waals surface area (Å²) in [6, 6.07) is 3.16. The van der Waals surface area contributed by atoms with E-state index in [0.717, 1.165) is 5.69 Å². The molecule has 1 aromatic rings. The minimum absolute atomic E-state index is 0.137. The lowest BCUT2D eigenvalue weighted by Crippen LogP contribution is -2.20. The monoisotopic (exact) mass is 164 g/mol. The van der Waals surface area contributed by atoms with Gasteiger partial charge in [0.25, 0.3) is 5.56 Å². The van der Waals surface area contributed by atoms with E-state index in [0.29, 0.717) is 5.56 Å². The highest BCUT2D eigenvalue weighted by molar-refractivity contribution is 5.20. The number of hydrogen-bond acceptors (Lipinski definition) is 2. The van der Waals surface area contributed by atoms with Gasteiger partial charge in [-0.05, 0) is 19.1 Å². The fraction of sp³-hybridized carbons (Fsp3) is 0.222. The van der Waals surface area contributed by atoms with Crippen molar-refractivity contribution in [3.8, 4) is 0 Å². The third-order valence-corrected chi connectivity index (χ3v) is 1.70. The molecule has 0 aliphatic heterocycles. The molecule has 0 radical (unpaired) electrons. The molecule has 0 saturated heterocycles. The number of hydrogen-bond donors (Lipinski definition) is 2. The third kappa shape index (κ3) is 1.62. The summed E-state index contributed by atoms with van der Waals surface area (Å²) in [6.07, 6.45) is 1.54. The Balaban J connectivity index is 3.18. The fourth-order valence-electron chi connectivity index (χ4n) is 0.973. The van der Waals surface area contributed by atoms with Crippen molar-refractivity contribution >= 4 is 0 Å². The summed E-state index contributed by atoms with van der Waals surface area (Å²) in [5.74, 6) is 0. The standard InChI is InChI=1S/C9H12N2O/c1-3-8(10)7-5-4-6(2)11-9(7)12/h3-5,8H,1,10H2,2H3,(H,11,12). The number of nitrogens with two attached hydrogens (primary N) is 1. The van der Waals surface area contributed by atoms with Gasteiger partial charge in [-0.15, -0.1) is 6.58 Å². The smallest absolute Gasteiger partial charge is 0.253 e. The largest absolute Gasteiger partial charge is 0.326 e. The van der Waals surface area contributed by atoms with Gasteiger partial charge in [0.1, 0.15) is 0 Å². The Kier molecular flexibility index (Phi) is 2.45. The van der Waals surface area contributed by atoms with Crippen LogP contribution in [-0.2, 0) is 0 Å². The summed E-state index contributed by atoms with van der Waals surface area (Å²) in [7, 11) is 0. The molecule has 3 N–H and O–H groups in total. The van der Waals surface area contributed by atoms with Gasteiger partial charge >= 0.3 is 0 Å². The van der Waals surface area contributed by atoms with E-state index in [1.54, 1.807) is 12.1 Å². The number of nitrogens with one attached hydrogen (secondary N) is 1. The van der Waals surface area contributed by atoms with Crippen LogP contribution < -0.4 is 11.3 Å². The van der Waals surface area contributed by atoms with Gasteiger partial charge in [0.15, 0.2) is 0 Å². The molecule has 64 valence electrons. The van der Waals surface area contributed by atoms with Gasteiger partial charge in [0.05, 0.1) is 6.04 Å². The Morgan fingerprint density at radius 2 is 2.33 bits per heavy atom. The van der Waals surface area contributed by atoms with Crippen LogP contribution in [0.4, 0.5) is 0 Å². The van der Waals surface area contributed by atoms with Crippen molar-refractivity contribution in [2.24, 2.45) is 5.73 Å². The van der Waals surface area contributed by atoms with Crippen molar-refractivity contribution in [3.63, 3.8) is 0 Å². The second kappa shape index (κ2) is 3.36. The Morgan fingerprint density at radius 3 is 2.83 bits per heavy atom. The average molecular weight is 164 g/mol. The van der Waals surface area contributed by atoms with Crippen LogP contribution in [0.25, 0.3) is 0 Å². The van der Waals surface area contributed by atoms with Gasteiger partial charge in [-0.2, -0.15) is 0 Å². The maximum atomic E-state index is 11.3. The maximum Gasteiger partial charge on any atom is 0.253 e. The molecule has 1 unspecified atom stereocenters. The SMILES string of the molecule is C=CC(N)c1ccc(C)[nH]c1=O. The van der Waals surface area contributed by atoms with Gasteiger partial charge in [-0.25, -0.2) is 0 Å². The van der Waals surface area contributed by atoms with Gasteiger partial charge < -0.3 is 10.7 Å². The minimum Gasteiger partial charge on any atom is -0.326 e. The molecule has 0 aliphatic rings. The summed E-state index contributed by atoms with van der Waals surface area (Å²) >= 11 is 0. The Bertz CT molecular complexity index is 341. The van der Waals surface area contributed by atoms with E-state index in [1.165, 1.54) is 0 Å². The molecular weight excluding hydrogens is 152 g/mol. The quantitative estimate of drug-likeness (QED) is 0.637. The Hall–Kier alpha value is -1.35.